The van der Waals surface area contributed by atoms with E-state index in [-0.39, 0.29) is 17.4 Å². The van der Waals surface area contributed by atoms with Crippen molar-refractivity contribution in [3.63, 3.8) is 0 Å². The first-order valence-corrected chi connectivity index (χ1v) is 8.56. The minimum absolute atomic E-state index is 0.151. The summed E-state index contributed by atoms with van der Waals surface area (Å²) in [6, 6.07) is 3.99. The van der Waals surface area contributed by atoms with Crippen molar-refractivity contribution < 1.29 is 14.3 Å². The van der Waals surface area contributed by atoms with Crippen LogP contribution in [0.1, 0.15) is 24.8 Å². The van der Waals surface area contributed by atoms with Crippen molar-refractivity contribution in [3.05, 3.63) is 23.9 Å². The van der Waals surface area contributed by atoms with Crippen LogP contribution in [0.15, 0.2) is 18.3 Å². The Bertz CT molecular complexity index is 585. The van der Waals surface area contributed by atoms with Gasteiger partial charge in [-0.05, 0) is 38.4 Å². The topological polar surface area (TPSA) is 54.9 Å². The molecule has 1 spiro atoms. The summed E-state index contributed by atoms with van der Waals surface area (Å²) in [5, 5.41) is 0. The minimum Gasteiger partial charge on any atom is -0.481 e. The molecule has 2 fully saturated rings. The molecule has 0 aliphatic carbocycles. The molecule has 132 valence electrons. The first-order valence-electron chi connectivity index (χ1n) is 8.56. The van der Waals surface area contributed by atoms with Gasteiger partial charge in [0.05, 0.1) is 18.6 Å². The normalized spacial score (nSPS) is 24.4. The average Bonchev–Trinajstić information content (AvgIpc) is 2.61. The van der Waals surface area contributed by atoms with Gasteiger partial charge in [0.15, 0.2) is 0 Å². The summed E-state index contributed by atoms with van der Waals surface area (Å²) in [4.78, 5) is 21.2. The smallest absolute Gasteiger partial charge is 0.228 e. The summed E-state index contributed by atoms with van der Waals surface area (Å²) in [5.74, 6) is 0.972. The van der Waals surface area contributed by atoms with E-state index < -0.39 is 0 Å². The molecule has 24 heavy (non-hydrogen) atoms. The zero-order valence-electron chi connectivity index (χ0n) is 14.8. The number of likely N-dealkylation sites (N-methyl/N-ethyl adjacent to an activating group) is 1. The molecule has 0 radical (unpaired) electrons. The maximum atomic E-state index is 12.8. The Morgan fingerprint density at radius 2 is 2.08 bits per heavy atom. The number of methoxy groups -OCH3 is 2. The Labute approximate surface area is 143 Å². The standard InChI is InChI=1S/C18H27N3O3/c1-20-13-15(23-2)11-18(17(20)22)6-9-21(10-7-18)12-14-5-4-8-19-16(14)24-3/h4-5,8,15H,6-7,9-13H2,1-3H3. The Hall–Kier alpha value is -1.66. The molecule has 1 aromatic heterocycles. The lowest BCUT2D eigenvalue weighted by Gasteiger charge is -2.47. The molecule has 1 amide bonds. The molecule has 0 aromatic carbocycles. The van der Waals surface area contributed by atoms with Gasteiger partial charge < -0.3 is 14.4 Å². The highest BCUT2D eigenvalue weighted by atomic mass is 16.5. The first-order chi connectivity index (χ1) is 11.6. The third-order valence-electron chi connectivity index (χ3n) is 5.48. The molecule has 6 nitrogen and oxygen atoms in total. The summed E-state index contributed by atoms with van der Waals surface area (Å²) in [6.45, 7) is 3.33. The van der Waals surface area contributed by atoms with E-state index in [9.17, 15) is 4.79 Å². The molecule has 1 atom stereocenters. The number of hydrogen-bond acceptors (Lipinski definition) is 5. The van der Waals surface area contributed by atoms with E-state index in [1.54, 1.807) is 20.4 Å². The lowest BCUT2D eigenvalue weighted by atomic mass is 9.71. The number of ether oxygens (including phenoxy) is 2. The van der Waals surface area contributed by atoms with E-state index in [0.29, 0.717) is 12.4 Å². The fourth-order valence-corrected chi connectivity index (χ4v) is 4.07. The minimum atomic E-state index is -0.247. The predicted molar refractivity (Wildman–Crippen MR) is 90.8 cm³/mol. The molecule has 2 saturated heterocycles. The van der Waals surface area contributed by atoms with E-state index in [0.717, 1.165) is 44.5 Å². The van der Waals surface area contributed by atoms with E-state index in [1.807, 2.05) is 18.0 Å². The molecule has 0 N–H and O–H groups in total. The Morgan fingerprint density at radius 3 is 2.75 bits per heavy atom. The molecule has 2 aliphatic heterocycles. The average molecular weight is 333 g/mol. The second-order valence-electron chi connectivity index (χ2n) is 6.98. The van der Waals surface area contributed by atoms with Crippen molar-refractivity contribution in [2.45, 2.75) is 31.9 Å². The summed E-state index contributed by atoms with van der Waals surface area (Å²) in [7, 11) is 5.28. The maximum absolute atomic E-state index is 12.8. The van der Waals surface area contributed by atoms with E-state index in [2.05, 4.69) is 16.0 Å². The molecule has 1 unspecified atom stereocenters. The monoisotopic (exact) mass is 333 g/mol. The van der Waals surface area contributed by atoms with Gasteiger partial charge in [0.1, 0.15) is 0 Å². The zero-order valence-corrected chi connectivity index (χ0v) is 14.8. The van der Waals surface area contributed by atoms with Crippen LogP contribution in [0.5, 0.6) is 5.88 Å². The van der Waals surface area contributed by atoms with Crippen LogP contribution in [0.2, 0.25) is 0 Å². The van der Waals surface area contributed by atoms with Gasteiger partial charge in [0.2, 0.25) is 11.8 Å². The van der Waals surface area contributed by atoms with Crippen molar-refractivity contribution in [1.29, 1.82) is 0 Å². The second kappa shape index (κ2) is 7.07. The van der Waals surface area contributed by atoms with Gasteiger partial charge in [0.25, 0.3) is 0 Å². The lowest BCUT2D eigenvalue weighted by Crippen LogP contribution is -2.56. The summed E-state index contributed by atoms with van der Waals surface area (Å²) >= 11 is 0. The van der Waals surface area contributed by atoms with Gasteiger partial charge in [-0.3, -0.25) is 9.69 Å². The van der Waals surface area contributed by atoms with Gasteiger partial charge >= 0.3 is 0 Å². The van der Waals surface area contributed by atoms with E-state index >= 15 is 0 Å². The third kappa shape index (κ3) is 3.26. The van der Waals surface area contributed by atoms with Crippen molar-refractivity contribution >= 4 is 5.91 Å². The Balaban J connectivity index is 1.65. The van der Waals surface area contributed by atoms with Crippen LogP contribution in [0.3, 0.4) is 0 Å². The number of amides is 1. The fourth-order valence-electron chi connectivity index (χ4n) is 4.07. The summed E-state index contributed by atoms with van der Waals surface area (Å²) < 4.78 is 10.9. The molecule has 3 heterocycles. The van der Waals surface area contributed by atoms with Crippen molar-refractivity contribution in [1.82, 2.24) is 14.8 Å². The number of aromatic nitrogens is 1. The highest BCUT2D eigenvalue weighted by Crippen LogP contribution is 2.41. The van der Waals surface area contributed by atoms with Crippen LogP contribution >= 0.6 is 0 Å². The molecule has 1 aromatic rings. The third-order valence-corrected chi connectivity index (χ3v) is 5.48. The van der Waals surface area contributed by atoms with Crippen LogP contribution in [-0.4, -0.2) is 67.7 Å². The molecular formula is C18H27N3O3. The molecule has 6 heteroatoms. The van der Waals surface area contributed by atoms with Crippen LogP contribution in [0.4, 0.5) is 0 Å². The van der Waals surface area contributed by atoms with Crippen molar-refractivity contribution in [2.24, 2.45) is 5.41 Å². The SMILES string of the molecule is COc1ncccc1CN1CCC2(CC1)CC(OC)CN(C)C2=O. The van der Waals surface area contributed by atoms with Crippen LogP contribution in [0, 0.1) is 5.41 Å². The Kier molecular flexibility index (Phi) is 5.06. The number of carbonyl (C=O) groups is 1. The quantitative estimate of drug-likeness (QED) is 0.837. The number of piperidine rings is 2. The van der Waals surface area contributed by atoms with Gasteiger partial charge in [-0.25, -0.2) is 4.98 Å². The number of carbonyl (C=O) groups excluding carboxylic acids is 1. The summed E-state index contributed by atoms with van der Waals surface area (Å²) in [5.41, 5.74) is 0.848. The number of pyridine rings is 1. The second-order valence-corrected chi connectivity index (χ2v) is 6.98. The number of rotatable bonds is 4. The molecule has 0 bridgehead atoms. The van der Waals surface area contributed by atoms with Gasteiger partial charge in [-0.15, -0.1) is 0 Å². The molecule has 0 saturated carbocycles. The lowest BCUT2D eigenvalue weighted by molar-refractivity contribution is -0.156. The molecular weight excluding hydrogens is 306 g/mol. The van der Waals surface area contributed by atoms with E-state index in [1.165, 1.54) is 0 Å². The first kappa shape index (κ1) is 17.2. The van der Waals surface area contributed by atoms with Crippen LogP contribution in [-0.2, 0) is 16.1 Å². The molecule has 3 rings (SSSR count). The van der Waals surface area contributed by atoms with E-state index in [4.69, 9.17) is 9.47 Å². The maximum Gasteiger partial charge on any atom is 0.228 e. The van der Waals surface area contributed by atoms with Gasteiger partial charge in [0, 0.05) is 39.0 Å². The van der Waals surface area contributed by atoms with Crippen molar-refractivity contribution in [2.75, 3.05) is 40.9 Å². The number of nitrogens with zero attached hydrogens (tertiary/aromatic N) is 3. The molecule has 2 aliphatic rings. The highest BCUT2D eigenvalue weighted by Gasteiger charge is 2.47. The fraction of sp³-hybridized carbons (Fsp3) is 0.667. The van der Waals surface area contributed by atoms with Gasteiger partial charge in [-0.2, -0.15) is 0 Å². The number of hydrogen-bond donors (Lipinski definition) is 0. The van der Waals surface area contributed by atoms with Crippen LogP contribution < -0.4 is 4.74 Å². The largest absolute Gasteiger partial charge is 0.481 e. The number of likely N-dealkylation sites (tertiary alicyclic amines) is 2. The summed E-state index contributed by atoms with van der Waals surface area (Å²) in [6.07, 6.45) is 4.51. The Morgan fingerprint density at radius 1 is 1.33 bits per heavy atom. The van der Waals surface area contributed by atoms with Crippen LogP contribution in [0.25, 0.3) is 0 Å². The zero-order chi connectivity index (χ0) is 17.2. The highest BCUT2D eigenvalue weighted by molar-refractivity contribution is 5.83. The van der Waals surface area contributed by atoms with Gasteiger partial charge in [-0.1, -0.05) is 6.07 Å². The van der Waals surface area contributed by atoms with Crippen molar-refractivity contribution in [3.8, 4) is 5.88 Å². The predicted octanol–water partition coefficient (Wildman–Crippen LogP) is 1.55.